The van der Waals surface area contributed by atoms with Crippen molar-refractivity contribution in [3.8, 4) is 0 Å². The average Bonchev–Trinajstić information content (AvgIpc) is 2.47. The summed E-state index contributed by atoms with van der Waals surface area (Å²) in [5.74, 6) is -0.0822. The van der Waals surface area contributed by atoms with Crippen LogP contribution in [0.2, 0.25) is 0 Å². The fourth-order valence-corrected chi connectivity index (χ4v) is 2.46. The first-order valence-electron chi connectivity index (χ1n) is 6.75. The molecular weight excluding hydrogens is 299 g/mol. The van der Waals surface area contributed by atoms with E-state index in [1.165, 1.54) is 19.1 Å². The van der Waals surface area contributed by atoms with Crippen LogP contribution < -0.4 is 10.2 Å². The molecular formula is C14H16F3N3O2. The first-order valence-corrected chi connectivity index (χ1v) is 6.75. The maximum atomic E-state index is 13.2. The predicted molar refractivity (Wildman–Crippen MR) is 75.6 cm³/mol. The van der Waals surface area contributed by atoms with Gasteiger partial charge in [-0.25, -0.2) is 0 Å². The molecule has 0 unspecified atom stereocenters. The van der Waals surface area contributed by atoms with E-state index in [1.54, 1.807) is 9.80 Å². The largest absolute Gasteiger partial charge is 0.418 e. The molecule has 0 aromatic heterocycles. The van der Waals surface area contributed by atoms with E-state index in [1.807, 2.05) is 0 Å². The first kappa shape index (κ1) is 16.1. The lowest BCUT2D eigenvalue weighted by atomic mass is 10.1. The van der Waals surface area contributed by atoms with Gasteiger partial charge in [0.1, 0.15) is 0 Å². The Bertz CT molecular complexity index is 567. The molecule has 1 aromatic rings. The summed E-state index contributed by atoms with van der Waals surface area (Å²) in [6.45, 7) is 2.89. The monoisotopic (exact) mass is 315 g/mol. The van der Waals surface area contributed by atoms with Crippen molar-refractivity contribution < 1.29 is 22.8 Å². The minimum Gasteiger partial charge on any atom is -0.367 e. The maximum Gasteiger partial charge on any atom is 0.418 e. The molecule has 1 fully saturated rings. The van der Waals surface area contributed by atoms with Crippen molar-refractivity contribution in [1.29, 1.82) is 0 Å². The van der Waals surface area contributed by atoms with Crippen molar-refractivity contribution in [2.45, 2.75) is 13.1 Å². The third-order valence-electron chi connectivity index (χ3n) is 3.59. The van der Waals surface area contributed by atoms with Crippen molar-refractivity contribution in [2.24, 2.45) is 0 Å². The minimum atomic E-state index is -4.52. The standard InChI is InChI=1S/C14H16F3N3O2/c1-10(22)19-4-6-20(7-5-19)13-3-2-11(18-9-21)8-12(13)14(15,16)17/h2-3,8-9H,4-7H2,1H3,(H,18,21). The molecule has 0 atom stereocenters. The highest BCUT2D eigenvalue weighted by molar-refractivity contribution is 5.75. The summed E-state index contributed by atoms with van der Waals surface area (Å²) in [4.78, 5) is 24.9. The zero-order valence-electron chi connectivity index (χ0n) is 12.0. The van der Waals surface area contributed by atoms with Crippen LogP contribution in [0.4, 0.5) is 24.5 Å². The summed E-state index contributed by atoms with van der Waals surface area (Å²) in [7, 11) is 0. The Hall–Kier alpha value is -2.25. The van der Waals surface area contributed by atoms with E-state index in [9.17, 15) is 22.8 Å². The van der Waals surface area contributed by atoms with Crippen LogP contribution in [0.1, 0.15) is 12.5 Å². The van der Waals surface area contributed by atoms with Crippen LogP contribution in [0, 0.1) is 0 Å². The van der Waals surface area contributed by atoms with Gasteiger partial charge in [0.2, 0.25) is 12.3 Å². The van der Waals surface area contributed by atoms with Gasteiger partial charge < -0.3 is 15.1 Å². The van der Waals surface area contributed by atoms with Gasteiger partial charge in [-0.3, -0.25) is 9.59 Å². The van der Waals surface area contributed by atoms with E-state index in [0.29, 0.717) is 32.6 Å². The van der Waals surface area contributed by atoms with Gasteiger partial charge in [-0.15, -0.1) is 0 Å². The van der Waals surface area contributed by atoms with Gasteiger partial charge in [-0.05, 0) is 18.2 Å². The number of nitrogens with zero attached hydrogens (tertiary/aromatic N) is 2. The van der Waals surface area contributed by atoms with Gasteiger partial charge in [-0.2, -0.15) is 13.2 Å². The second kappa shape index (κ2) is 6.25. The summed E-state index contributed by atoms with van der Waals surface area (Å²) >= 11 is 0. The molecule has 1 aromatic carbocycles. The van der Waals surface area contributed by atoms with E-state index in [2.05, 4.69) is 5.32 Å². The summed E-state index contributed by atoms with van der Waals surface area (Å²) in [5, 5.41) is 2.22. The second-order valence-corrected chi connectivity index (χ2v) is 4.98. The molecule has 0 spiro atoms. The molecule has 1 N–H and O–H groups in total. The van der Waals surface area contributed by atoms with Crippen molar-refractivity contribution in [1.82, 2.24) is 4.90 Å². The predicted octanol–water partition coefficient (Wildman–Crippen LogP) is 1.94. The lowest BCUT2D eigenvalue weighted by Gasteiger charge is -2.36. The fraction of sp³-hybridized carbons (Fsp3) is 0.429. The molecule has 1 saturated heterocycles. The van der Waals surface area contributed by atoms with Gasteiger partial charge in [0.25, 0.3) is 0 Å². The first-order chi connectivity index (χ1) is 10.3. The van der Waals surface area contributed by atoms with Crippen molar-refractivity contribution in [2.75, 3.05) is 36.4 Å². The SMILES string of the molecule is CC(=O)N1CCN(c2ccc(NC=O)cc2C(F)(F)F)CC1. The Morgan fingerprint density at radius 1 is 1.23 bits per heavy atom. The molecule has 0 radical (unpaired) electrons. The van der Waals surface area contributed by atoms with Crippen LogP contribution in [0.25, 0.3) is 0 Å². The number of alkyl halides is 3. The molecule has 0 bridgehead atoms. The lowest BCUT2D eigenvalue weighted by molar-refractivity contribution is -0.137. The number of anilines is 2. The van der Waals surface area contributed by atoms with Crippen molar-refractivity contribution >= 4 is 23.7 Å². The third-order valence-corrected chi connectivity index (χ3v) is 3.59. The smallest absolute Gasteiger partial charge is 0.367 e. The zero-order chi connectivity index (χ0) is 16.3. The highest BCUT2D eigenvalue weighted by Crippen LogP contribution is 2.38. The van der Waals surface area contributed by atoms with Gasteiger partial charge in [0.05, 0.1) is 5.56 Å². The fourth-order valence-electron chi connectivity index (χ4n) is 2.46. The van der Waals surface area contributed by atoms with E-state index in [4.69, 9.17) is 0 Å². The van der Waals surface area contributed by atoms with Gasteiger partial charge in [0.15, 0.2) is 0 Å². The molecule has 2 amide bonds. The number of piperazine rings is 1. The molecule has 1 aliphatic heterocycles. The van der Waals surface area contributed by atoms with Crippen molar-refractivity contribution in [3.05, 3.63) is 23.8 Å². The number of carbonyl (C=O) groups excluding carboxylic acids is 2. The van der Waals surface area contributed by atoms with Crippen LogP contribution in [-0.2, 0) is 15.8 Å². The number of hydrogen-bond donors (Lipinski definition) is 1. The Morgan fingerprint density at radius 2 is 1.86 bits per heavy atom. The Balaban J connectivity index is 2.27. The van der Waals surface area contributed by atoms with Gasteiger partial charge in [0, 0.05) is 44.5 Å². The maximum absolute atomic E-state index is 13.2. The van der Waals surface area contributed by atoms with E-state index in [-0.39, 0.29) is 17.3 Å². The molecule has 22 heavy (non-hydrogen) atoms. The quantitative estimate of drug-likeness (QED) is 0.867. The number of nitrogens with one attached hydrogen (secondary N) is 1. The molecule has 0 saturated carbocycles. The van der Waals surface area contributed by atoms with Crippen LogP contribution in [0.15, 0.2) is 18.2 Å². The average molecular weight is 315 g/mol. The van der Waals surface area contributed by atoms with Crippen molar-refractivity contribution in [3.63, 3.8) is 0 Å². The van der Waals surface area contributed by atoms with E-state index >= 15 is 0 Å². The number of hydrogen-bond acceptors (Lipinski definition) is 3. The normalized spacial score (nSPS) is 15.6. The van der Waals surface area contributed by atoms with Gasteiger partial charge in [-0.1, -0.05) is 0 Å². The number of rotatable bonds is 3. The molecule has 5 nitrogen and oxygen atoms in total. The van der Waals surface area contributed by atoms with E-state index in [0.717, 1.165) is 6.07 Å². The molecule has 1 heterocycles. The summed E-state index contributed by atoms with van der Waals surface area (Å²) in [6.07, 6.45) is -4.19. The lowest BCUT2D eigenvalue weighted by Crippen LogP contribution is -2.48. The second-order valence-electron chi connectivity index (χ2n) is 4.98. The van der Waals surface area contributed by atoms with Crippen LogP contribution in [-0.4, -0.2) is 43.4 Å². The number of benzene rings is 1. The summed E-state index contributed by atoms with van der Waals surface area (Å²) in [5.41, 5.74) is -0.642. The highest BCUT2D eigenvalue weighted by atomic mass is 19.4. The summed E-state index contributed by atoms with van der Waals surface area (Å²) < 4.78 is 39.7. The minimum absolute atomic E-state index is 0.0622. The number of amides is 2. The molecule has 120 valence electrons. The number of halogens is 3. The zero-order valence-corrected chi connectivity index (χ0v) is 12.0. The molecule has 1 aliphatic rings. The highest BCUT2D eigenvalue weighted by Gasteiger charge is 2.36. The molecule has 8 heteroatoms. The Labute approximate surface area is 125 Å². The van der Waals surface area contributed by atoms with Gasteiger partial charge >= 0.3 is 6.18 Å². The molecule has 0 aliphatic carbocycles. The topological polar surface area (TPSA) is 52.7 Å². The van der Waals surface area contributed by atoms with Crippen LogP contribution in [0.3, 0.4) is 0 Å². The summed E-state index contributed by atoms with van der Waals surface area (Å²) in [6, 6.07) is 3.69. The Kier molecular flexibility index (Phi) is 4.58. The van der Waals surface area contributed by atoms with Crippen LogP contribution >= 0.6 is 0 Å². The number of carbonyl (C=O) groups is 2. The van der Waals surface area contributed by atoms with E-state index < -0.39 is 11.7 Å². The van der Waals surface area contributed by atoms with Crippen LogP contribution in [0.5, 0.6) is 0 Å². The molecule has 2 rings (SSSR count). The Morgan fingerprint density at radius 3 is 2.36 bits per heavy atom. The third kappa shape index (κ3) is 3.49.